The molecule has 0 saturated heterocycles. The van der Waals surface area contributed by atoms with Gasteiger partial charge in [-0.2, -0.15) is 0 Å². The van der Waals surface area contributed by atoms with E-state index in [4.69, 9.17) is 11.6 Å². The molecule has 7 heteroatoms. The van der Waals surface area contributed by atoms with Crippen LogP contribution >= 0.6 is 11.6 Å². The lowest BCUT2D eigenvalue weighted by Gasteiger charge is -2.16. The van der Waals surface area contributed by atoms with Crippen molar-refractivity contribution >= 4 is 34.1 Å². The highest BCUT2D eigenvalue weighted by molar-refractivity contribution is 6.31. The fourth-order valence-corrected chi connectivity index (χ4v) is 3.70. The van der Waals surface area contributed by atoms with E-state index in [1.54, 1.807) is 22.8 Å². The Labute approximate surface area is 166 Å². The Morgan fingerprint density at radius 3 is 2.79 bits per heavy atom. The number of nitrogens with one attached hydrogen (secondary N) is 1. The van der Waals surface area contributed by atoms with Crippen molar-refractivity contribution in [3.63, 3.8) is 0 Å². The van der Waals surface area contributed by atoms with Crippen LogP contribution in [-0.4, -0.2) is 15.5 Å². The molecule has 0 aliphatic carbocycles. The lowest BCUT2D eigenvalue weighted by atomic mass is 10.1. The molecule has 1 aliphatic rings. The molecule has 144 valence electrons. The van der Waals surface area contributed by atoms with Crippen LogP contribution in [0.5, 0.6) is 0 Å². The fourth-order valence-electron chi connectivity index (χ4n) is 3.52. The number of carbonyl (C=O) groups excluding carboxylic acids is 1. The number of aromatic nitrogens is 2. The summed E-state index contributed by atoms with van der Waals surface area (Å²) in [7, 11) is 0. The van der Waals surface area contributed by atoms with Crippen molar-refractivity contribution in [2.24, 2.45) is 0 Å². The maximum absolute atomic E-state index is 13.9. The van der Waals surface area contributed by atoms with Crippen LogP contribution in [0.2, 0.25) is 5.02 Å². The third-order valence-corrected chi connectivity index (χ3v) is 5.24. The summed E-state index contributed by atoms with van der Waals surface area (Å²) in [5.74, 6) is -0.302. The van der Waals surface area contributed by atoms with Crippen molar-refractivity contribution in [2.75, 3.05) is 5.32 Å². The first-order valence-electron chi connectivity index (χ1n) is 9.33. The molecule has 0 saturated carbocycles. The molecule has 28 heavy (non-hydrogen) atoms. The summed E-state index contributed by atoms with van der Waals surface area (Å²) in [4.78, 5) is 30.1. The Balaban J connectivity index is 1.71. The van der Waals surface area contributed by atoms with E-state index in [1.165, 1.54) is 18.2 Å². The number of nitrogens with zero attached hydrogens (tertiary/aromatic N) is 2. The molecule has 1 N–H and O–H groups in total. The van der Waals surface area contributed by atoms with Gasteiger partial charge in [-0.25, -0.2) is 9.37 Å². The van der Waals surface area contributed by atoms with Gasteiger partial charge in [-0.05, 0) is 49.2 Å². The molecule has 0 unspecified atom stereocenters. The zero-order chi connectivity index (χ0) is 19.7. The highest BCUT2D eigenvalue weighted by Crippen LogP contribution is 2.21. The predicted molar refractivity (Wildman–Crippen MR) is 108 cm³/mol. The first-order valence-corrected chi connectivity index (χ1v) is 9.70. The van der Waals surface area contributed by atoms with Gasteiger partial charge in [0.2, 0.25) is 0 Å². The quantitative estimate of drug-likeness (QED) is 0.687. The Morgan fingerprint density at radius 1 is 1.11 bits per heavy atom. The maximum Gasteiger partial charge on any atom is 0.261 e. The Hall–Kier alpha value is -2.73. The Bertz CT molecular complexity index is 1130. The van der Waals surface area contributed by atoms with E-state index in [-0.39, 0.29) is 11.2 Å². The average molecular weight is 400 g/mol. The average Bonchev–Trinajstić information content (AvgIpc) is 2.66. The predicted octanol–water partition coefficient (Wildman–Crippen LogP) is 4.56. The van der Waals surface area contributed by atoms with Crippen LogP contribution in [0.25, 0.3) is 10.9 Å². The third-order valence-electron chi connectivity index (χ3n) is 5.01. The van der Waals surface area contributed by atoms with Crippen LogP contribution in [0.1, 0.15) is 41.9 Å². The summed E-state index contributed by atoms with van der Waals surface area (Å²) in [6.45, 7) is 0.674. The molecule has 2 heterocycles. The molecule has 0 bridgehead atoms. The lowest BCUT2D eigenvalue weighted by Crippen LogP contribution is -2.26. The molecule has 2 aromatic carbocycles. The van der Waals surface area contributed by atoms with Crippen molar-refractivity contribution in [1.29, 1.82) is 0 Å². The largest absolute Gasteiger partial charge is 0.319 e. The van der Waals surface area contributed by atoms with E-state index in [2.05, 4.69) is 10.3 Å². The second-order valence-electron chi connectivity index (χ2n) is 6.96. The number of halogens is 2. The van der Waals surface area contributed by atoms with Gasteiger partial charge >= 0.3 is 0 Å². The second kappa shape index (κ2) is 7.72. The lowest BCUT2D eigenvalue weighted by molar-refractivity contribution is 0.102. The number of hydrogen-bond acceptors (Lipinski definition) is 3. The van der Waals surface area contributed by atoms with Crippen LogP contribution in [0.4, 0.5) is 10.1 Å². The van der Waals surface area contributed by atoms with Crippen LogP contribution in [0.3, 0.4) is 0 Å². The van der Waals surface area contributed by atoms with Crippen molar-refractivity contribution in [3.05, 3.63) is 69.0 Å². The van der Waals surface area contributed by atoms with Crippen molar-refractivity contribution in [1.82, 2.24) is 9.55 Å². The SMILES string of the molecule is O=C(Nc1cc(Cl)ccc1F)c1ccc2c(=O)n3c(nc2c1)CCCCCC3. The summed E-state index contributed by atoms with van der Waals surface area (Å²) in [6.07, 6.45) is 4.94. The van der Waals surface area contributed by atoms with Gasteiger partial charge < -0.3 is 5.32 Å². The zero-order valence-corrected chi connectivity index (χ0v) is 15.9. The second-order valence-corrected chi connectivity index (χ2v) is 7.40. The molecule has 3 aromatic rings. The van der Waals surface area contributed by atoms with Gasteiger partial charge in [0, 0.05) is 23.6 Å². The van der Waals surface area contributed by atoms with Crippen LogP contribution in [0, 0.1) is 5.82 Å². The van der Waals surface area contributed by atoms with Crippen molar-refractivity contribution < 1.29 is 9.18 Å². The van der Waals surface area contributed by atoms with E-state index in [0.717, 1.165) is 37.9 Å². The minimum atomic E-state index is -0.573. The topological polar surface area (TPSA) is 64.0 Å². The Morgan fingerprint density at radius 2 is 1.93 bits per heavy atom. The molecule has 0 fully saturated rings. The minimum absolute atomic E-state index is 0.00352. The van der Waals surface area contributed by atoms with E-state index in [1.807, 2.05) is 0 Å². The zero-order valence-electron chi connectivity index (χ0n) is 15.2. The first-order chi connectivity index (χ1) is 13.5. The summed E-state index contributed by atoms with van der Waals surface area (Å²) in [6, 6.07) is 8.70. The Kier molecular flexibility index (Phi) is 5.13. The molecule has 1 aromatic heterocycles. The van der Waals surface area contributed by atoms with Crippen molar-refractivity contribution in [2.45, 2.75) is 38.6 Å². The van der Waals surface area contributed by atoms with Crippen molar-refractivity contribution in [3.8, 4) is 0 Å². The van der Waals surface area contributed by atoms with Gasteiger partial charge in [-0.15, -0.1) is 0 Å². The summed E-state index contributed by atoms with van der Waals surface area (Å²) < 4.78 is 15.6. The molecule has 0 atom stereocenters. The van der Waals surface area contributed by atoms with E-state index < -0.39 is 11.7 Å². The van der Waals surface area contributed by atoms with Gasteiger partial charge in [0.15, 0.2) is 0 Å². The van der Waals surface area contributed by atoms with Crippen LogP contribution < -0.4 is 10.9 Å². The maximum atomic E-state index is 13.9. The van der Waals surface area contributed by atoms with Gasteiger partial charge in [0.1, 0.15) is 11.6 Å². The number of amides is 1. The van der Waals surface area contributed by atoms with Gasteiger partial charge in [-0.3, -0.25) is 14.2 Å². The molecular formula is C21H19ClFN3O2. The first kappa shape index (κ1) is 18.6. The monoisotopic (exact) mass is 399 g/mol. The third kappa shape index (κ3) is 3.64. The number of fused-ring (bicyclic) bond motifs is 2. The molecule has 1 amide bonds. The number of hydrogen-bond donors (Lipinski definition) is 1. The highest BCUT2D eigenvalue weighted by atomic mass is 35.5. The number of aryl methyl sites for hydroxylation is 1. The van der Waals surface area contributed by atoms with Gasteiger partial charge in [0.25, 0.3) is 11.5 Å². The number of rotatable bonds is 2. The number of benzene rings is 2. The smallest absolute Gasteiger partial charge is 0.261 e. The number of anilines is 1. The van der Waals surface area contributed by atoms with Crippen LogP contribution in [0.15, 0.2) is 41.2 Å². The van der Waals surface area contributed by atoms with Gasteiger partial charge in [-0.1, -0.05) is 24.4 Å². The molecule has 4 rings (SSSR count). The summed E-state index contributed by atoms with van der Waals surface area (Å²) in [5.41, 5.74) is 0.712. The fraction of sp³-hybridized carbons (Fsp3) is 0.286. The summed E-state index contributed by atoms with van der Waals surface area (Å²) in [5, 5.41) is 3.32. The molecule has 5 nitrogen and oxygen atoms in total. The normalized spacial score (nSPS) is 14.2. The molecule has 0 spiro atoms. The van der Waals surface area contributed by atoms with E-state index >= 15 is 0 Å². The summed E-state index contributed by atoms with van der Waals surface area (Å²) >= 11 is 5.87. The molecular weight excluding hydrogens is 381 g/mol. The molecule has 1 aliphatic heterocycles. The molecule has 0 radical (unpaired) electrons. The standard InChI is InChI=1S/C21H19ClFN3O2/c22-14-7-9-16(23)18(12-14)25-20(27)13-6-8-15-17(11-13)24-19-5-3-1-2-4-10-26(19)21(15)28/h6-9,11-12H,1-5,10H2,(H,25,27). The van der Waals surface area contributed by atoms with E-state index in [9.17, 15) is 14.0 Å². The minimum Gasteiger partial charge on any atom is -0.319 e. The highest BCUT2D eigenvalue weighted by Gasteiger charge is 2.16. The van der Waals surface area contributed by atoms with E-state index in [0.29, 0.717) is 28.0 Å². The van der Waals surface area contributed by atoms with Crippen LogP contribution in [-0.2, 0) is 13.0 Å². The van der Waals surface area contributed by atoms with Gasteiger partial charge in [0.05, 0.1) is 16.6 Å². The number of carbonyl (C=O) groups is 1.